The molecule has 0 aliphatic carbocycles. The van der Waals surface area contributed by atoms with E-state index in [-0.39, 0.29) is 17.9 Å². The lowest BCUT2D eigenvalue weighted by atomic mass is 9.84. The summed E-state index contributed by atoms with van der Waals surface area (Å²) < 4.78 is 0. The smallest absolute Gasteiger partial charge is 0.254 e. The number of amides is 2. The van der Waals surface area contributed by atoms with Gasteiger partial charge in [0.25, 0.3) is 5.91 Å². The van der Waals surface area contributed by atoms with E-state index in [0.29, 0.717) is 28.4 Å². The van der Waals surface area contributed by atoms with Gasteiger partial charge in [-0.25, -0.2) is 0 Å². The number of halogens is 2. The zero-order valence-corrected chi connectivity index (χ0v) is 21.8. The second-order valence-electron chi connectivity index (χ2n) is 10.1. The molecule has 2 atom stereocenters. The van der Waals surface area contributed by atoms with Crippen LogP contribution in [0.3, 0.4) is 0 Å². The highest BCUT2D eigenvalue weighted by Gasteiger charge is 2.40. The second-order valence-corrected chi connectivity index (χ2v) is 10.9. The van der Waals surface area contributed by atoms with E-state index in [9.17, 15) is 9.59 Å². The van der Waals surface area contributed by atoms with E-state index in [0.717, 1.165) is 75.0 Å². The van der Waals surface area contributed by atoms with Gasteiger partial charge < -0.3 is 14.7 Å². The first-order valence-electron chi connectivity index (χ1n) is 12.8. The minimum absolute atomic E-state index is 0.0422. The van der Waals surface area contributed by atoms with Crippen molar-refractivity contribution < 1.29 is 9.59 Å². The molecule has 2 aromatic rings. The van der Waals surface area contributed by atoms with Crippen molar-refractivity contribution in [2.45, 2.75) is 56.5 Å². The van der Waals surface area contributed by atoms with Crippen molar-refractivity contribution in [3.8, 4) is 0 Å². The number of piperidine rings is 2. The first-order valence-corrected chi connectivity index (χ1v) is 13.5. The minimum Gasteiger partial charge on any atom is -0.340 e. The molecule has 0 saturated carbocycles. The van der Waals surface area contributed by atoms with E-state index < -0.39 is 0 Å². The number of nitrogens with zero attached hydrogens (tertiary/aromatic N) is 3. The molecule has 0 aromatic heterocycles. The van der Waals surface area contributed by atoms with Gasteiger partial charge in [-0.2, -0.15) is 0 Å². The third-order valence-electron chi connectivity index (χ3n) is 8.11. The Morgan fingerprint density at radius 1 is 0.971 bits per heavy atom. The van der Waals surface area contributed by atoms with Gasteiger partial charge >= 0.3 is 0 Å². The van der Waals surface area contributed by atoms with Gasteiger partial charge in [-0.1, -0.05) is 47.5 Å². The first kappa shape index (κ1) is 24.6. The number of benzene rings is 2. The maximum atomic E-state index is 13.0. The van der Waals surface area contributed by atoms with Crippen LogP contribution in [0.15, 0.2) is 42.5 Å². The number of rotatable bonds is 6. The van der Waals surface area contributed by atoms with E-state index in [1.165, 1.54) is 0 Å². The molecule has 3 aliphatic heterocycles. The second kappa shape index (κ2) is 10.5. The molecule has 7 heteroatoms. The van der Waals surface area contributed by atoms with Crippen LogP contribution in [0.4, 0.5) is 0 Å². The lowest BCUT2D eigenvalue weighted by Crippen LogP contribution is -2.49. The minimum atomic E-state index is -0.0422. The van der Waals surface area contributed by atoms with Gasteiger partial charge in [0.15, 0.2) is 0 Å². The topological polar surface area (TPSA) is 43.9 Å². The largest absolute Gasteiger partial charge is 0.340 e. The summed E-state index contributed by atoms with van der Waals surface area (Å²) in [7, 11) is 1.90. The van der Waals surface area contributed by atoms with E-state index >= 15 is 0 Å². The molecule has 186 valence electrons. The zero-order chi connectivity index (χ0) is 24.5. The van der Waals surface area contributed by atoms with Crippen LogP contribution in [0.1, 0.15) is 72.0 Å². The highest BCUT2D eigenvalue weighted by molar-refractivity contribution is 6.42. The van der Waals surface area contributed by atoms with Crippen molar-refractivity contribution in [2.75, 3.05) is 33.2 Å². The number of carbonyl (C=O) groups is 2. The summed E-state index contributed by atoms with van der Waals surface area (Å²) in [5.41, 5.74) is 2.98. The fourth-order valence-electron chi connectivity index (χ4n) is 6.20. The molecule has 0 N–H and O–H groups in total. The van der Waals surface area contributed by atoms with Gasteiger partial charge in [0.05, 0.1) is 16.1 Å². The first-order chi connectivity index (χ1) is 16.9. The summed E-state index contributed by atoms with van der Waals surface area (Å²) in [5, 5.41) is 1.08. The van der Waals surface area contributed by atoms with Crippen molar-refractivity contribution in [1.82, 2.24) is 14.7 Å². The molecule has 2 saturated heterocycles. The standard InChI is InChI=1S/C28H33Cl2N3O2/c1-31-27(22-6-2-3-7-23(22)28(31)35)21(19-9-10-24(29)25(30)18-19)13-17-32-15-11-20(12-16-32)33-14-5-4-8-26(33)34/h2-3,6-7,9-10,18,20-21,27H,4-5,8,11-17H2,1H3/t21?,27-/m1/s1. The molecule has 2 aromatic carbocycles. The summed E-state index contributed by atoms with van der Waals surface area (Å²) in [6.07, 6.45) is 5.85. The van der Waals surface area contributed by atoms with Crippen molar-refractivity contribution in [3.05, 3.63) is 69.2 Å². The quantitative estimate of drug-likeness (QED) is 0.492. The van der Waals surface area contributed by atoms with Crippen LogP contribution in [0.5, 0.6) is 0 Å². The van der Waals surface area contributed by atoms with E-state index in [1.807, 2.05) is 48.3 Å². The Bertz CT molecular complexity index is 1100. The van der Waals surface area contributed by atoms with Gasteiger partial charge in [-0.15, -0.1) is 0 Å². The average molecular weight is 514 g/mol. The van der Waals surface area contributed by atoms with Crippen LogP contribution in [-0.4, -0.2) is 65.8 Å². The summed E-state index contributed by atoms with van der Waals surface area (Å²) in [6.45, 7) is 3.85. The summed E-state index contributed by atoms with van der Waals surface area (Å²) in [5.74, 6) is 0.508. The molecule has 3 heterocycles. The maximum absolute atomic E-state index is 13.0. The van der Waals surface area contributed by atoms with Crippen molar-refractivity contribution in [3.63, 3.8) is 0 Å². The Balaban J connectivity index is 1.32. The molecule has 5 nitrogen and oxygen atoms in total. The van der Waals surface area contributed by atoms with E-state index in [2.05, 4.69) is 15.9 Å². The maximum Gasteiger partial charge on any atom is 0.254 e. The highest BCUT2D eigenvalue weighted by atomic mass is 35.5. The number of carbonyl (C=O) groups excluding carboxylic acids is 2. The van der Waals surface area contributed by atoms with E-state index in [1.54, 1.807) is 0 Å². The Hall–Kier alpha value is -2.08. The van der Waals surface area contributed by atoms with Crippen LogP contribution in [-0.2, 0) is 4.79 Å². The fraction of sp³-hybridized carbons (Fsp3) is 0.500. The zero-order valence-electron chi connectivity index (χ0n) is 20.3. The fourth-order valence-corrected chi connectivity index (χ4v) is 6.51. The molecule has 35 heavy (non-hydrogen) atoms. The number of likely N-dealkylation sites (tertiary alicyclic amines) is 2. The van der Waals surface area contributed by atoms with Crippen LogP contribution >= 0.6 is 23.2 Å². The van der Waals surface area contributed by atoms with Crippen LogP contribution in [0.2, 0.25) is 10.0 Å². The van der Waals surface area contributed by atoms with Crippen molar-refractivity contribution >= 4 is 35.0 Å². The Morgan fingerprint density at radius 3 is 2.49 bits per heavy atom. The van der Waals surface area contributed by atoms with Crippen LogP contribution < -0.4 is 0 Å². The third kappa shape index (κ3) is 4.96. The summed E-state index contributed by atoms with van der Waals surface area (Å²) in [6, 6.07) is 14.1. The number of likely N-dealkylation sites (N-methyl/N-ethyl adjacent to an activating group) is 1. The normalized spacial score (nSPS) is 22.5. The van der Waals surface area contributed by atoms with Crippen molar-refractivity contribution in [1.29, 1.82) is 0 Å². The Kier molecular flexibility index (Phi) is 7.38. The molecule has 2 amide bonds. The van der Waals surface area contributed by atoms with Gasteiger partial charge in [-0.05, 0) is 68.0 Å². The van der Waals surface area contributed by atoms with Gasteiger partial charge in [0.1, 0.15) is 0 Å². The molecule has 0 radical (unpaired) electrons. The van der Waals surface area contributed by atoms with E-state index in [4.69, 9.17) is 23.2 Å². The number of hydrogen-bond donors (Lipinski definition) is 0. The molecule has 0 spiro atoms. The van der Waals surface area contributed by atoms with Gasteiger partial charge in [-0.3, -0.25) is 9.59 Å². The molecular formula is C28H33Cl2N3O2. The molecule has 3 aliphatic rings. The number of hydrogen-bond acceptors (Lipinski definition) is 3. The Morgan fingerprint density at radius 2 is 1.74 bits per heavy atom. The monoisotopic (exact) mass is 513 g/mol. The predicted octanol–water partition coefficient (Wildman–Crippen LogP) is 5.77. The van der Waals surface area contributed by atoms with Gasteiger partial charge in [0.2, 0.25) is 5.91 Å². The lowest BCUT2D eigenvalue weighted by Gasteiger charge is -2.41. The summed E-state index contributed by atoms with van der Waals surface area (Å²) >= 11 is 12.7. The molecule has 2 fully saturated rings. The SMILES string of the molecule is CN1C(=O)c2ccccc2[C@H]1C(CCN1CCC(N2CCCCC2=O)CC1)c1ccc(Cl)c(Cl)c1. The number of fused-ring (bicyclic) bond motifs is 1. The molecule has 0 bridgehead atoms. The average Bonchev–Trinajstić information content (AvgIpc) is 3.12. The highest BCUT2D eigenvalue weighted by Crippen LogP contribution is 2.45. The Labute approximate surface area is 218 Å². The van der Waals surface area contributed by atoms with Crippen LogP contribution in [0, 0.1) is 0 Å². The summed E-state index contributed by atoms with van der Waals surface area (Å²) in [4.78, 5) is 31.9. The molecular weight excluding hydrogens is 481 g/mol. The third-order valence-corrected chi connectivity index (χ3v) is 8.85. The lowest BCUT2D eigenvalue weighted by molar-refractivity contribution is -0.136. The van der Waals surface area contributed by atoms with Crippen LogP contribution in [0.25, 0.3) is 0 Å². The van der Waals surface area contributed by atoms with Crippen molar-refractivity contribution in [2.24, 2.45) is 0 Å². The molecule has 1 unspecified atom stereocenters. The van der Waals surface area contributed by atoms with Gasteiger partial charge in [0, 0.05) is 50.6 Å². The predicted molar refractivity (Wildman–Crippen MR) is 140 cm³/mol. The molecule has 5 rings (SSSR count).